The fourth-order valence-electron chi connectivity index (χ4n) is 2.41. The SMILES string of the molecule is CCOC(=O)c1cc2ccccc2nc1C1=CCC(=S)C=C1. The van der Waals surface area contributed by atoms with Gasteiger partial charge >= 0.3 is 5.97 Å². The van der Waals surface area contributed by atoms with Crippen LogP contribution in [-0.4, -0.2) is 22.4 Å². The third-order valence-electron chi connectivity index (χ3n) is 3.46. The number of rotatable bonds is 3. The predicted molar refractivity (Wildman–Crippen MR) is 92.0 cm³/mol. The van der Waals surface area contributed by atoms with Crippen molar-refractivity contribution in [2.45, 2.75) is 13.3 Å². The first-order valence-electron chi connectivity index (χ1n) is 7.17. The minimum atomic E-state index is -0.349. The molecule has 0 fully saturated rings. The fraction of sp³-hybridized carbons (Fsp3) is 0.167. The molecule has 22 heavy (non-hydrogen) atoms. The molecule has 1 aliphatic rings. The molecule has 1 aromatic heterocycles. The number of benzene rings is 1. The Morgan fingerprint density at radius 3 is 2.86 bits per heavy atom. The molecule has 3 nitrogen and oxygen atoms in total. The summed E-state index contributed by atoms with van der Waals surface area (Å²) in [7, 11) is 0. The quantitative estimate of drug-likeness (QED) is 0.631. The lowest BCUT2D eigenvalue weighted by Crippen LogP contribution is -2.10. The van der Waals surface area contributed by atoms with Gasteiger partial charge in [0.25, 0.3) is 0 Å². The molecule has 1 aromatic carbocycles. The Labute approximate surface area is 134 Å². The van der Waals surface area contributed by atoms with E-state index in [1.165, 1.54) is 0 Å². The van der Waals surface area contributed by atoms with Crippen molar-refractivity contribution in [3.05, 3.63) is 59.8 Å². The molecule has 0 bridgehead atoms. The molecule has 1 heterocycles. The van der Waals surface area contributed by atoms with Crippen LogP contribution in [0.3, 0.4) is 0 Å². The summed E-state index contributed by atoms with van der Waals surface area (Å²) in [6.07, 6.45) is 6.49. The summed E-state index contributed by atoms with van der Waals surface area (Å²) in [5, 5.41) is 0.921. The minimum absolute atomic E-state index is 0.337. The lowest BCUT2D eigenvalue weighted by molar-refractivity contribution is 0.0526. The van der Waals surface area contributed by atoms with Crippen molar-refractivity contribution in [2.24, 2.45) is 0 Å². The van der Waals surface area contributed by atoms with Gasteiger partial charge in [-0.15, -0.1) is 0 Å². The Kier molecular flexibility index (Phi) is 4.11. The molecule has 0 atom stereocenters. The summed E-state index contributed by atoms with van der Waals surface area (Å²) in [6, 6.07) is 9.58. The van der Waals surface area contributed by atoms with Crippen LogP contribution in [0.1, 0.15) is 29.4 Å². The molecule has 1 aliphatic carbocycles. The summed E-state index contributed by atoms with van der Waals surface area (Å²) in [5.74, 6) is -0.349. The van der Waals surface area contributed by atoms with Crippen molar-refractivity contribution < 1.29 is 9.53 Å². The first-order valence-corrected chi connectivity index (χ1v) is 7.58. The van der Waals surface area contributed by atoms with E-state index in [0.717, 1.165) is 21.3 Å². The van der Waals surface area contributed by atoms with Gasteiger partial charge in [0.1, 0.15) is 0 Å². The van der Waals surface area contributed by atoms with Gasteiger partial charge in [-0.25, -0.2) is 9.78 Å². The second-order valence-electron chi connectivity index (χ2n) is 4.96. The smallest absolute Gasteiger partial charge is 0.340 e. The molecule has 0 N–H and O–H groups in total. The third-order valence-corrected chi connectivity index (χ3v) is 3.77. The van der Waals surface area contributed by atoms with Gasteiger partial charge in [0.05, 0.1) is 23.4 Å². The van der Waals surface area contributed by atoms with Gasteiger partial charge in [0.2, 0.25) is 0 Å². The molecule has 2 aromatic rings. The predicted octanol–water partition coefficient (Wildman–Crippen LogP) is 4.12. The molecule has 0 amide bonds. The molecule has 0 radical (unpaired) electrons. The lowest BCUT2D eigenvalue weighted by Gasteiger charge is -2.13. The standard InChI is InChI=1S/C18H15NO2S/c1-2-21-18(20)15-11-13-5-3-4-6-16(13)19-17(15)12-7-9-14(22)10-8-12/h3-9,11H,2,10H2,1H3. The van der Waals surface area contributed by atoms with Crippen LogP contribution in [0.5, 0.6) is 0 Å². The van der Waals surface area contributed by atoms with Crippen molar-refractivity contribution in [3.8, 4) is 0 Å². The normalized spacial score (nSPS) is 14.0. The van der Waals surface area contributed by atoms with Crippen LogP contribution in [-0.2, 0) is 4.74 Å². The number of nitrogens with zero attached hydrogens (tertiary/aromatic N) is 1. The zero-order valence-corrected chi connectivity index (χ0v) is 13.0. The highest BCUT2D eigenvalue weighted by Crippen LogP contribution is 2.26. The number of hydrogen-bond acceptors (Lipinski definition) is 4. The Morgan fingerprint density at radius 1 is 1.32 bits per heavy atom. The maximum atomic E-state index is 12.3. The van der Waals surface area contributed by atoms with Gasteiger partial charge in [0, 0.05) is 16.7 Å². The average molecular weight is 309 g/mol. The summed E-state index contributed by atoms with van der Waals surface area (Å²) < 4.78 is 5.17. The third kappa shape index (κ3) is 2.83. The summed E-state index contributed by atoms with van der Waals surface area (Å²) in [6.45, 7) is 2.13. The first kappa shape index (κ1) is 14.6. The molecule has 0 unspecified atom stereocenters. The molecule has 110 valence electrons. The van der Waals surface area contributed by atoms with E-state index < -0.39 is 0 Å². The summed E-state index contributed by atoms with van der Waals surface area (Å²) >= 11 is 5.17. The van der Waals surface area contributed by atoms with E-state index in [4.69, 9.17) is 17.0 Å². The van der Waals surface area contributed by atoms with Crippen LogP contribution in [0.15, 0.2) is 48.6 Å². The minimum Gasteiger partial charge on any atom is -0.462 e. The zero-order valence-electron chi connectivity index (χ0n) is 12.2. The molecule has 0 spiro atoms. The number of hydrogen-bond donors (Lipinski definition) is 0. The summed E-state index contributed by atoms with van der Waals surface area (Å²) in [4.78, 5) is 17.8. The van der Waals surface area contributed by atoms with Gasteiger partial charge in [0.15, 0.2) is 0 Å². The van der Waals surface area contributed by atoms with Crippen LogP contribution in [0.2, 0.25) is 0 Å². The number of carbonyl (C=O) groups is 1. The number of pyridine rings is 1. The largest absolute Gasteiger partial charge is 0.462 e. The van der Waals surface area contributed by atoms with E-state index in [1.54, 1.807) is 6.92 Å². The van der Waals surface area contributed by atoms with E-state index in [2.05, 4.69) is 4.98 Å². The van der Waals surface area contributed by atoms with Crippen molar-refractivity contribution >= 4 is 39.5 Å². The molecule has 0 saturated heterocycles. The van der Waals surface area contributed by atoms with E-state index in [9.17, 15) is 4.79 Å². The summed E-state index contributed by atoms with van der Waals surface area (Å²) in [5.41, 5.74) is 2.90. The number of ether oxygens (including phenoxy) is 1. The van der Waals surface area contributed by atoms with Gasteiger partial charge in [-0.05, 0) is 30.7 Å². The van der Waals surface area contributed by atoms with E-state index in [-0.39, 0.29) is 5.97 Å². The molecular weight excluding hydrogens is 294 g/mol. The van der Waals surface area contributed by atoms with E-state index in [1.807, 2.05) is 48.6 Å². The van der Waals surface area contributed by atoms with Crippen molar-refractivity contribution in [1.29, 1.82) is 0 Å². The monoisotopic (exact) mass is 309 g/mol. The first-order chi connectivity index (χ1) is 10.7. The Bertz CT molecular complexity index is 821. The van der Waals surface area contributed by atoms with Gasteiger partial charge < -0.3 is 4.74 Å². The van der Waals surface area contributed by atoms with Gasteiger partial charge in [-0.1, -0.05) is 42.6 Å². The molecule has 4 heteroatoms. The van der Waals surface area contributed by atoms with Crippen molar-refractivity contribution in [3.63, 3.8) is 0 Å². The number of thiocarbonyl (C=S) groups is 1. The fourth-order valence-corrected chi connectivity index (χ4v) is 2.56. The maximum absolute atomic E-state index is 12.3. The number of allylic oxidation sites excluding steroid dienone is 4. The Balaban J connectivity index is 2.17. The zero-order chi connectivity index (χ0) is 15.5. The topological polar surface area (TPSA) is 39.2 Å². The maximum Gasteiger partial charge on any atom is 0.340 e. The highest BCUT2D eigenvalue weighted by atomic mass is 32.1. The van der Waals surface area contributed by atoms with Crippen molar-refractivity contribution in [1.82, 2.24) is 4.98 Å². The number of fused-ring (bicyclic) bond motifs is 1. The second kappa shape index (κ2) is 6.20. The Hall–Kier alpha value is -2.33. The molecule has 3 rings (SSSR count). The van der Waals surface area contributed by atoms with Crippen LogP contribution in [0, 0.1) is 0 Å². The van der Waals surface area contributed by atoms with E-state index in [0.29, 0.717) is 24.3 Å². The van der Waals surface area contributed by atoms with E-state index >= 15 is 0 Å². The lowest BCUT2D eigenvalue weighted by atomic mass is 9.98. The average Bonchev–Trinajstić information content (AvgIpc) is 2.54. The molecular formula is C18H15NO2S. The number of para-hydroxylation sites is 1. The van der Waals surface area contributed by atoms with Gasteiger partial charge in [-0.2, -0.15) is 0 Å². The Morgan fingerprint density at radius 2 is 2.14 bits per heavy atom. The highest BCUT2D eigenvalue weighted by Gasteiger charge is 2.18. The van der Waals surface area contributed by atoms with Gasteiger partial charge in [-0.3, -0.25) is 0 Å². The number of aromatic nitrogens is 1. The number of esters is 1. The number of carbonyl (C=O) groups excluding carboxylic acids is 1. The van der Waals surface area contributed by atoms with Crippen LogP contribution in [0.4, 0.5) is 0 Å². The second-order valence-corrected chi connectivity index (χ2v) is 5.49. The molecule has 0 saturated carbocycles. The van der Waals surface area contributed by atoms with Crippen LogP contribution >= 0.6 is 12.2 Å². The van der Waals surface area contributed by atoms with Crippen LogP contribution < -0.4 is 0 Å². The molecule has 0 aliphatic heterocycles. The highest BCUT2D eigenvalue weighted by molar-refractivity contribution is 7.80. The van der Waals surface area contributed by atoms with Crippen molar-refractivity contribution in [2.75, 3.05) is 6.61 Å². The van der Waals surface area contributed by atoms with Crippen LogP contribution in [0.25, 0.3) is 16.5 Å².